The Labute approximate surface area is 168 Å². The number of aryl methyl sites for hydroxylation is 1. The zero-order chi connectivity index (χ0) is 19.2. The van der Waals surface area contributed by atoms with Crippen LogP contribution < -0.4 is 10.6 Å². The molecule has 1 aromatic heterocycles. The Kier molecular flexibility index (Phi) is 6.61. The summed E-state index contributed by atoms with van der Waals surface area (Å²) in [7, 11) is 0. The van der Waals surface area contributed by atoms with E-state index in [1.807, 2.05) is 60.8 Å². The maximum atomic E-state index is 12.2. The van der Waals surface area contributed by atoms with Crippen molar-refractivity contribution in [2.75, 3.05) is 5.32 Å². The lowest BCUT2D eigenvalue weighted by atomic mass is 10.1. The van der Waals surface area contributed by atoms with Gasteiger partial charge in [-0.15, -0.1) is 11.3 Å². The van der Waals surface area contributed by atoms with Crippen LogP contribution >= 0.6 is 22.9 Å². The van der Waals surface area contributed by atoms with Crippen molar-refractivity contribution < 1.29 is 4.79 Å². The van der Waals surface area contributed by atoms with E-state index >= 15 is 0 Å². The van der Waals surface area contributed by atoms with Gasteiger partial charge in [0.2, 0.25) is 5.91 Å². The average Bonchev–Trinajstić information content (AvgIpc) is 3.09. The standard InChI is InChI=1S/C21H22ClN3OS/c1-14-6-8-18(9-7-14)24-20(26)11-21-25-19(13-27-21)12-23-15(2)16-4-3-5-17(22)10-16/h3-10,13,15,23H,11-12H2,1-2H3,(H,24,26)/t15-/m0/s1. The minimum absolute atomic E-state index is 0.0555. The molecule has 140 valence electrons. The van der Waals surface area contributed by atoms with Crippen LogP contribution in [-0.4, -0.2) is 10.9 Å². The molecule has 2 N–H and O–H groups in total. The molecule has 2 aromatic carbocycles. The van der Waals surface area contributed by atoms with Gasteiger partial charge in [-0.2, -0.15) is 0 Å². The van der Waals surface area contributed by atoms with E-state index in [9.17, 15) is 4.79 Å². The number of hydrogen-bond donors (Lipinski definition) is 2. The first kappa shape index (κ1) is 19.5. The second kappa shape index (κ2) is 9.13. The van der Waals surface area contributed by atoms with Crippen molar-refractivity contribution in [3.63, 3.8) is 0 Å². The summed E-state index contributed by atoms with van der Waals surface area (Å²) in [6.07, 6.45) is 0.280. The minimum atomic E-state index is -0.0555. The molecule has 0 radical (unpaired) electrons. The molecule has 0 spiro atoms. The average molecular weight is 400 g/mol. The molecule has 0 bridgehead atoms. The number of anilines is 1. The molecular formula is C21H22ClN3OS. The van der Waals surface area contributed by atoms with E-state index < -0.39 is 0 Å². The Morgan fingerprint density at radius 3 is 2.74 bits per heavy atom. The van der Waals surface area contributed by atoms with E-state index in [1.54, 1.807) is 0 Å². The van der Waals surface area contributed by atoms with Crippen LogP contribution in [0.15, 0.2) is 53.9 Å². The first-order valence-electron chi connectivity index (χ1n) is 8.78. The number of benzene rings is 2. The normalized spacial score (nSPS) is 12.0. The summed E-state index contributed by atoms with van der Waals surface area (Å²) in [5, 5.41) is 9.88. The molecule has 3 rings (SSSR count). The molecule has 0 aliphatic rings. The molecule has 0 aliphatic heterocycles. The van der Waals surface area contributed by atoms with E-state index in [2.05, 4.69) is 22.5 Å². The van der Waals surface area contributed by atoms with Crippen molar-refractivity contribution in [1.82, 2.24) is 10.3 Å². The lowest BCUT2D eigenvalue weighted by molar-refractivity contribution is -0.115. The van der Waals surface area contributed by atoms with Crippen LogP contribution in [0.5, 0.6) is 0 Å². The number of nitrogens with zero attached hydrogens (tertiary/aromatic N) is 1. The minimum Gasteiger partial charge on any atom is -0.326 e. The molecule has 1 heterocycles. The molecule has 0 saturated carbocycles. The van der Waals surface area contributed by atoms with E-state index in [0.717, 1.165) is 32.5 Å². The maximum absolute atomic E-state index is 12.2. The third kappa shape index (κ3) is 5.89. The van der Waals surface area contributed by atoms with Crippen LogP contribution in [0, 0.1) is 6.92 Å². The monoisotopic (exact) mass is 399 g/mol. The highest BCUT2D eigenvalue weighted by atomic mass is 35.5. The lowest BCUT2D eigenvalue weighted by Gasteiger charge is -2.13. The molecule has 0 fully saturated rings. The Morgan fingerprint density at radius 1 is 1.22 bits per heavy atom. The quantitative estimate of drug-likeness (QED) is 0.578. The van der Waals surface area contributed by atoms with Gasteiger partial charge >= 0.3 is 0 Å². The fourth-order valence-corrected chi connectivity index (χ4v) is 3.63. The Hall–Kier alpha value is -2.21. The topological polar surface area (TPSA) is 54.0 Å². The molecular weight excluding hydrogens is 378 g/mol. The summed E-state index contributed by atoms with van der Waals surface area (Å²) in [6.45, 7) is 4.75. The predicted molar refractivity (Wildman–Crippen MR) is 112 cm³/mol. The number of hydrogen-bond acceptors (Lipinski definition) is 4. The molecule has 0 saturated heterocycles. The highest BCUT2D eigenvalue weighted by Crippen LogP contribution is 2.18. The number of rotatable bonds is 7. The van der Waals surface area contributed by atoms with Crippen molar-refractivity contribution in [3.05, 3.63) is 80.8 Å². The van der Waals surface area contributed by atoms with Crippen LogP contribution in [-0.2, 0) is 17.8 Å². The molecule has 6 heteroatoms. The SMILES string of the molecule is Cc1ccc(NC(=O)Cc2nc(CN[C@@H](C)c3cccc(Cl)c3)cs2)cc1. The summed E-state index contributed by atoms with van der Waals surface area (Å²) >= 11 is 7.55. The summed E-state index contributed by atoms with van der Waals surface area (Å²) in [5.41, 5.74) is 4.04. The number of nitrogens with one attached hydrogen (secondary N) is 2. The Morgan fingerprint density at radius 2 is 2.00 bits per heavy atom. The van der Waals surface area contributed by atoms with Crippen molar-refractivity contribution in [2.24, 2.45) is 0 Å². The first-order chi connectivity index (χ1) is 13.0. The predicted octanol–water partition coefficient (Wildman–Crippen LogP) is 5.14. The molecule has 3 aromatic rings. The van der Waals surface area contributed by atoms with Gasteiger partial charge in [-0.1, -0.05) is 41.4 Å². The van der Waals surface area contributed by atoms with Crippen LogP contribution in [0.4, 0.5) is 5.69 Å². The smallest absolute Gasteiger partial charge is 0.231 e. The van der Waals surface area contributed by atoms with Gasteiger partial charge < -0.3 is 10.6 Å². The molecule has 1 amide bonds. The van der Waals surface area contributed by atoms with Crippen molar-refractivity contribution in [2.45, 2.75) is 32.9 Å². The Bertz CT molecular complexity index is 908. The van der Waals surface area contributed by atoms with Gasteiger partial charge in [0.05, 0.1) is 12.1 Å². The highest BCUT2D eigenvalue weighted by molar-refractivity contribution is 7.09. The fourth-order valence-electron chi connectivity index (χ4n) is 2.64. The third-order valence-electron chi connectivity index (χ3n) is 4.18. The second-order valence-electron chi connectivity index (χ2n) is 6.48. The van der Waals surface area contributed by atoms with E-state index in [1.165, 1.54) is 11.3 Å². The Balaban J connectivity index is 1.50. The summed E-state index contributed by atoms with van der Waals surface area (Å²) in [4.78, 5) is 16.7. The molecule has 0 unspecified atom stereocenters. The number of carbonyl (C=O) groups excluding carboxylic acids is 1. The number of thiazole rings is 1. The van der Waals surface area contributed by atoms with Crippen molar-refractivity contribution in [1.29, 1.82) is 0 Å². The zero-order valence-electron chi connectivity index (χ0n) is 15.3. The van der Waals surface area contributed by atoms with E-state index in [0.29, 0.717) is 6.54 Å². The summed E-state index contributed by atoms with van der Waals surface area (Å²) < 4.78 is 0. The van der Waals surface area contributed by atoms with Gasteiger partial charge in [0, 0.05) is 28.7 Å². The van der Waals surface area contributed by atoms with Gasteiger partial charge in [-0.25, -0.2) is 4.98 Å². The van der Waals surface area contributed by atoms with E-state index in [4.69, 9.17) is 11.6 Å². The number of carbonyl (C=O) groups is 1. The largest absolute Gasteiger partial charge is 0.326 e. The van der Waals surface area contributed by atoms with Crippen LogP contribution in [0.25, 0.3) is 0 Å². The molecule has 1 atom stereocenters. The second-order valence-corrected chi connectivity index (χ2v) is 7.86. The van der Waals surface area contributed by atoms with Crippen molar-refractivity contribution in [3.8, 4) is 0 Å². The van der Waals surface area contributed by atoms with Gasteiger partial charge in [-0.05, 0) is 43.7 Å². The number of amides is 1. The van der Waals surface area contributed by atoms with E-state index in [-0.39, 0.29) is 18.4 Å². The number of aromatic nitrogens is 1. The van der Waals surface area contributed by atoms with Gasteiger partial charge in [0.15, 0.2) is 0 Å². The van der Waals surface area contributed by atoms with Crippen LogP contribution in [0.1, 0.15) is 34.8 Å². The summed E-state index contributed by atoms with van der Waals surface area (Å²) in [5.74, 6) is -0.0555. The zero-order valence-corrected chi connectivity index (χ0v) is 16.9. The lowest BCUT2D eigenvalue weighted by Crippen LogP contribution is -2.18. The fraction of sp³-hybridized carbons (Fsp3) is 0.238. The van der Waals surface area contributed by atoms with Crippen LogP contribution in [0.3, 0.4) is 0 Å². The summed E-state index contributed by atoms with van der Waals surface area (Å²) in [6, 6.07) is 15.7. The number of halogens is 1. The third-order valence-corrected chi connectivity index (χ3v) is 5.32. The maximum Gasteiger partial charge on any atom is 0.231 e. The van der Waals surface area contributed by atoms with Crippen molar-refractivity contribution >= 4 is 34.5 Å². The molecule has 0 aliphatic carbocycles. The van der Waals surface area contributed by atoms with Gasteiger partial charge in [0.1, 0.15) is 5.01 Å². The highest BCUT2D eigenvalue weighted by Gasteiger charge is 2.10. The van der Waals surface area contributed by atoms with Crippen LogP contribution in [0.2, 0.25) is 5.02 Å². The molecule has 4 nitrogen and oxygen atoms in total. The molecule has 27 heavy (non-hydrogen) atoms. The van der Waals surface area contributed by atoms with Gasteiger partial charge in [-0.3, -0.25) is 4.79 Å². The first-order valence-corrected chi connectivity index (χ1v) is 10.0. The van der Waals surface area contributed by atoms with Gasteiger partial charge in [0.25, 0.3) is 0 Å².